The zero-order chi connectivity index (χ0) is 22.5. The zero-order valence-corrected chi connectivity index (χ0v) is 18.1. The zero-order valence-electron chi connectivity index (χ0n) is 18.1. The third-order valence-electron chi connectivity index (χ3n) is 5.28. The summed E-state index contributed by atoms with van der Waals surface area (Å²) in [6.45, 7) is 3.95. The van der Waals surface area contributed by atoms with Crippen LogP contribution in [-0.4, -0.2) is 24.2 Å². The molecule has 2 N–H and O–H groups in total. The molecule has 7 nitrogen and oxygen atoms in total. The number of nitrogens with one attached hydrogen (secondary N) is 2. The van der Waals surface area contributed by atoms with Crippen molar-refractivity contribution in [2.24, 2.45) is 5.10 Å². The second kappa shape index (κ2) is 9.51. The number of carbonyl (C=O) groups is 2. The van der Waals surface area contributed by atoms with Crippen LogP contribution in [0.1, 0.15) is 57.6 Å². The average Bonchev–Trinajstić information content (AvgIpc) is 3.16. The molecule has 1 aliphatic rings. The van der Waals surface area contributed by atoms with Crippen molar-refractivity contribution >= 4 is 29.0 Å². The molecular formula is C25H25N3O4. The van der Waals surface area contributed by atoms with Crippen LogP contribution in [0, 0.1) is 6.92 Å². The molecule has 0 fully saturated rings. The number of amides is 1. The fourth-order valence-corrected chi connectivity index (χ4v) is 3.73. The number of furan rings is 1. The normalized spacial score (nSPS) is 14.0. The summed E-state index contributed by atoms with van der Waals surface area (Å²) < 4.78 is 10.9. The molecule has 164 valence electrons. The van der Waals surface area contributed by atoms with Crippen molar-refractivity contribution in [3.8, 4) is 0 Å². The summed E-state index contributed by atoms with van der Waals surface area (Å²) in [7, 11) is 0. The summed E-state index contributed by atoms with van der Waals surface area (Å²) in [6, 6.07) is 16.3. The molecule has 3 aromatic rings. The lowest BCUT2D eigenvalue weighted by molar-refractivity contribution is 0.0526. The minimum absolute atomic E-state index is 0.277. The number of aryl methyl sites for hydroxylation is 1. The van der Waals surface area contributed by atoms with E-state index in [1.54, 1.807) is 31.2 Å². The number of hydrogen-bond donors (Lipinski definition) is 2. The van der Waals surface area contributed by atoms with E-state index >= 15 is 0 Å². The highest BCUT2D eigenvalue weighted by Crippen LogP contribution is 2.30. The van der Waals surface area contributed by atoms with Crippen LogP contribution in [0.15, 0.2) is 64.1 Å². The van der Waals surface area contributed by atoms with Crippen molar-refractivity contribution in [3.05, 3.63) is 82.8 Å². The molecule has 0 spiro atoms. The molecule has 0 atom stereocenters. The fraction of sp³-hybridized carbons (Fsp3) is 0.240. The lowest BCUT2D eigenvalue weighted by Gasteiger charge is -2.13. The topological polar surface area (TPSA) is 92.9 Å². The smallest absolute Gasteiger partial charge is 0.338 e. The SMILES string of the molecule is CCOC(=O)c1ccc(NC(=O)c2oc3c(c2C)/C(=N/Nc2ccccc2)CCC3)cc1. The van der Waals surface area contributed by atoms with Gasteiger partial charge < -0.3 is 14.5 Å². The predicted octanol–water partition coefficient (Wildman–Crippen LogP) is 5.17. The maximum Gasteiger partial charge on any atom is 0.338 e. The van der Waals surface area contributed by atoms with Gasteiger partial charge in [-0.2, -0.15) is 5.10 Å². The molecule has 0 aliphatic heterocycles. The van der Waals surface area contributed by atoms with Crippen LogP contribution in [0.25, 0.3) is 0 Å². The summed E-state index contributed by atoms with van der Waals surface area (Å²) in [4.78, 5) is 24.7. The quantitative estimate of drug-likeness (QED) is 0.415. The number of para-hydroxylation sites is 1. The number of esters is 1. The van der Waals surface area contributed by atoms with E-state index in [2.05, 4.69) is 15.8 Å². The molecule has 2 aromatic carbocycles. The third kappa shape index (κ3) is 4.56. The molecule has 4 rings (SSSR count). The van der Waals surface area contributed by atoms with Crippen LogP contribution < -0.4 is 10.7 Å². The van der Waals surface area contributed by atoms with E-state index in [1.165, 1.54) is 0 Å². The number of nitrogens with zero attached hydrogens (tertiary/aromatic N) is 1. The Morgan fingerprint density at radius 1 is 1.03 bits per heavy atom. The van der Waals surface area contributed by atoms with Crippen LogP contribution >= 0.6 is 0 Å². The highest BCUT2D eigenvalue weighted by molar-refractivity contribution is 6.09. The second-order valence-corrected chi connectivity index (χ2v) is 7.50. The number of anilines is 2. The molecule has 32 heavy (non-hydrogen) atoms. The predicted molar refractivity (Wildman–Crippen MR) is 123 cm³/mol. The fourth-order valence-electron chi connectivity index (χ4n) is 3.73. The van der Waals surface area contributed by atoms with Gasteiger partial charge in [0.25, 0.3) is 5.91 Å². The summed E-state index contributed by atoms with van der Waals surface area (Å²) in [5, 5.41) is 7.42. The van der Waals surface area contributed by atoms with Gasteiger partial charge in [0.05, 0.1) is 23.6 Å². The lowest BCUT2D eigenvalue weighted by Crippen LogP contribution is -2.14. The average molecular weight is 431 g/mol. The molecule has 0 bridgehead atoms. The number of fused-ring (bicyclic) bond motifs is 1. The van der Waals surface area contributed by atoms with Crippen LogP contribution in [0.3, 0.4) is 0 Å². The molecule has 1 aliphatic carbocycles. The number of carbonyl (C=O) groups excluding carboxylic acids is 2. The number of hydrogen-bond acceptors (Lipinski definition) is 6. The van der Waals surface area contributed by atoms with Crippen molar-refractivity contribution in [3.63, 3.8) is 0 Å². The third-order valence-corrected chi connectivity index (χ3v) is 5.28. The van der Waals surface area contributed by atoms with E-state index in [0.29, 0.717) is 17.9 Å². The first-order valence-electron chi connectivity index (χ1n) is 10.7. The van der Waals surface area contributed by atoms with E-state index < -0.39 is 5.97 Å². The number of ether oxygens (including phenoxy) is 1. The molecule has 1 amide bonds. The monoisotopic (exact) mass is 431 g/mol. The van der Waals surface area contributed by atoms with Crippen LogP contribution in [0.2, 0.25) is 0 Å². The van der Waals surface area contributed by atoms with Crippen molar-refractivity contribution < 1.29 is 18.7 Å². The van der Waals surface area contributed by atoms with Crippen molar-refractivity contribution in [1.82, 2.24) is 0 Å². The van der Waals surface area contributed by atoms with E-state index in [0.717, 1.165) is 47.5 Å². The van der Waals surface area contributed by atoms with Gasteiger partial charge in [0.1, 0.15) is 5.76 Å². The molecule has 1 heterocycles. The maximum absolute atomic E-state index is 12.9. The molecule has 7 heteroatoms. The van der Waals surface area contributed by atoms with Gasteiger partial charge in [-0.25, -0.2) is 4.79 Å². The maximum atomic E-state index is 12.9. The summed E-state index contributed by atoms with van der Waals surface area (Å²) in [6.07, 6.45) is 2.48. The van der Waals surface area contributed by atoms with Crippen molar-refractivity contribution in [2.75, 3.05) is 17.3 Å². The summed E-state index contributed by atoms with van der Waals surface area (Å²) >= 11 is 0. The Morgan fingerprint density at radius 3 is 2.50 bits per heavy atom. The molecule has 1 aromatic heterocycles. The van der Waals surface area contributed by atoms with E-state index in [4.69, 9.17) is 9.15 Å². The van der Waals surface area contributed by atoms with E-state index in [1.807, 2.05) is 37.3 Å². The van der Waals surface area contributed by atoms with Crippen LogP contribution in [-0.2, 0) is 11.2 Å². The van der Waals surface area contributed by atoms with E-state index in [9.17, 15) is 9.59 Å². The number of rotatable bonds is 6. The minimum atomic E-state index is -0.393. The Balaban J connectivity index is 1.52. The number of benzene rings is 2. The Labute approximate surface area is 186 Å². The first-order valence-corrected chi connectivity index (χ1v) is 10.7. The van der Waals surface area contributed by atoms with Gasteiger partial charge >= 0.3 is 5.97 Å². The molecular weight excluding hydrogens is 406 g/mol. The first kappa shape index (κ1) is 21.4. The van der Waals surface area contributed by atoms with Gasteiger partial charge in [0, 0.05) is 23.2 Å². The van der Waals surface area contributed by atoms with Gasteiger partial charge in [-0.15, -0.1) is 0 Å². The van der Waals surface area contributed by atoms with Gasteiger partial charge in [0.2, 0.25) is 0 Å². The van der Waals surface area contributed by atoms with Gasteiger partial charge in [-0.1, -0.05) is 18.2 Å². The van der Waals surface area contributed by atoms with Crippen molar-refractivity contribution in [2.45, 2.75) is 33.1 Å². The largest absolute Gasteiger partial charge is 0.462 e. The Morgan fingerprint density at radius 2 is 1.78 bits per heavy atom. The van der Waals surface area contributed by atoms with Gasteiger partial charge in [-0.3, -0.25) is 10.2 Å². The highest BCUT2D eigenvalue weighted by Gasteiger charge is 2.28. The Hall–Kier alpha value is -3.87. The standard InChI is InChI=1S/C25H25N3O4/c1-3-31-25(30)17-12-14-18(15-13-17)26-24(29)23-16(2)22-20(10-7-11-21(22)32-23)28-27-19-8-5-4-6-9-19/h4-6,8-9,12-15,27H,3,7,10-11H2,1-2H3,(H,26,29)/b28-20+. The Kier molecular flexibility index (Phi) is 6.35. The second-order valence-electron chi connectivity index (χ2n) is 7.50. The Bertz CT molecular complexity index is 1150. The summed E-state index contributed by atoms with van der Waals surface area (Å²) in [5.74, 6) is 0.330. The molecule has 0 saturated carbocycles. The van der Waals surface area contributed by atoms with Gasteiger partial charge in [0.15, 0.2) is 5.76 Å². The first-order chi connectivity index (χ1) is 15.6. The highest BCUT2D eigenvalue weighted by atomic mass is 16.5. The van der Waals surface area contributed by atoms with Crippen LogP contribution in [0.5, 0.6) is 0 Å². The minimum Gasteiger partial charge on any atom is -0.462 e. The summed E-state index contributed by atoms with van der Waals surface area (Å²) in [5.41, 5.74) is 7.55. The number of hydrazone groups is 1. The van der Waals surface area contributed by atoms with Crippen LogP contribution in [0.4, 0.5) is 11.4 Å². The van der Waals surface area contributed by atoms with Gasteiger partial charge in [-0.05, 0) is 63.1 Å². The van der Waals surface area contributed by atoms with E-state index in [-0.39, 0.29) is 11.7 Å². The molecule has 0 unspecified atom stereocenters. The lowest BCUT2D eigenvalue weighted by atomic mass is 9.93. The molecule has 0 radical (unpaired) electrons. The van der Waals surface area contributed by atoms with Crippen molar-refractivity contribution in [1.29, 1.82) is 0 Å². The molecule has 0 saturated heterocycles.